The Labute approximate surface area is 135 Å². The van der Waals surface area contributed by atoms with Gasteiger partial charge in [-0.1, -0.05) is 51.3 Å². The maximum absolute atomic E-state index is 10.6. The summed E-state index contributed by atoms with van der Waals surface area (Å²) < 4.78 is 0. The van der Waals surface area contributed by atoms with Gasteiger partial charge in [-0.2, -0.15) is 0 Å². The highest BCUT2D eigenvalue weighted by Crippen LogP contribution is 2.36. The summed E-state index contributed by atoms with van der Waals surface area (Å²) in [6, 6.07) is 4.48. The first kappa shape index (κ1) is 17.1. The molecule has 0 saturated heterocycles. The second kappa shape index (κ2) is 8.38. The first-order valence-corrected chi connectivity index (χ1v) is 8.87. The van der Waals surface area contributed by atoms with E-state index >= 15 is 0 Å². The number of aromatic hydroxyl groups is 1. The van der Waals surface area contributed by atoms with Crippen LogP contribution in [0.1, 0.15) is 68.6 Å². The van der Waals surface area contributed by atoms with Crippen molar-refractivity contribution in [1.82, 2.24) is 4.90 Å². The van der Waals surface area contributed by atoms with E-state index in [0.717, 1.165) is 37.2 Å². The lowest BCUT2D eigenvalue weighted by atomic mass is 9.82. The highest BCUT2D eigenvalue weighted by atomic mass is 16.3. The summed E-state index contributed by atoms with van der Waals surface area (Å²) in [5.41, 5.74) is 3.56. The minimum atomic E-state index is 0.478. The zero-order chi connectivity index (χ0) is 15.9. The molecular formula is C20H31NO. The maximum Gasteiger partial charge on any atom is 0.123 e. The number of phenolic OH excluding ortho intramolecular Hbond substituents is 1. The predicted octanol–water partition coefficient (Wildman–Crippen LogP) is 5.01. The Kier molecular flexibility index (Phi) is 6.50. The molecule has 1 aromatic rings. The lowest BCUT2D eigenvalue weighted by Gasteiger charge is -2.25. The second-order valence-corrected chi connectivity index (χ2v) is 6.48. The van der Waals surface area contributed by atoms with E-state index in [4.69, 9.17) is 0 Å². The fourth-order valence-electron chi connectivity index (χ4n) is 3.58. The standard InChI is InChI=1S/C20H31NO/c1-4-10-17-13-18(16-11-8-7-9-12-16)14-19(20(17)22)15-21(5-2)6-3/h4,13-14,16,22H,1,5-12,15H2,2-3H3. The normalized spacial score (nSPS) is 16.1. The average Bonchev–Trinajstić information content (AvgIpc) is 2.56. The van der Waals surface area contributed by atoms with Crippen molar-refractivity contribution in [3.05, 3.63) is 41.5 Å². The molecule has 1 N–H and O–H groups in total. The molecule has 0 spiro atoms. The fourth-order valence-corrected chi connectivity index (χ4v) is 3.58. The molecule has 1 fully saturated rings. The van der Waals surface area contributed by atoms with Crippen LogP contribution in [0.15, 0.2) is 24.8 Å². The molecular weight excluding hydrogens is 270 g/mol. The largest absolute Gasteiger partial charge is 0.507 e. The van der Waals surface area contributed by atoms with Gasteiger partial charge in [-0.25, -0.2) is 0 Å². The molecule has 122 valence electrons. The third-order valence-corrected chi connectivity index (χ3v) is 5.02. The van der Waals surface area contributed by atoms with Crippen LogP contribution >= 0.6 is 0 Å². The van der Waals surface area contributed by atoms with E-state index in [1.165, 1.54) is 37.7 Å². The molecule has 1 aliphatic rings. The zero-order valence-corrected chi connectivity index (χ0v) is 14.3. The quantitative estimate of drug-likeness (QED) is 0.716. The van der Waals surface area contributed by atoms with Crippen LogP contribution in [-0.2, 0) is 13.0 Å². The minimum Gasteiger partial charge on any atom is -0.507 e. The number of phenols is 1. The molecule has 22 heavy (non-hydrogen) atoms. The van der Waals surface area contributed by atoms with Crippen molar-refractivity contribution in [3.63, 3.8) is 0 Å². The van der Waals surface area contributed by atoms with Crippen molar-refractivity contribution in [1.29, 1.82) is 0 Å². The number of benzene rings is 1. The molecule has 2 heteroatoms. The highest BCUT2D eigenvalue weighted by Gasteiger charge is 2.19. The summed E-state index contributed by atoms with van der Waals surface area (Å²) in [6.07, 6.45) is 9.28. The van der Waals surface area contributed by atoms with Crippen molar-refractivity contribution in [2.45, 2.75) is 64.8 Å². The van der Waals surface area contributed by atoms with E-state index in [2.05, 4.69) is 37.5 Å². The topological polar surface area (TPSA) is 23.5 Å². The van der Waals surface area contributed by atoms with Crippen LogP contribution in [0.2, 0.25) is 0 Å². The summed E-state index contributed by atoms with van der Waals surface area (Å²) in [4.78, 5) is 2.36. The predicted molar refractivity (Wildman–Crippen MR) is 94.5 cm³/mol. The van der Waals surface area contributed by atoms with Gasteiger partial charge in [0.15, 0.2) is 0 Å². The van der Waals surface area contributed by atoms with E-state index < -0.39 is 0 Å². The van der Waals surface area contributed by atoms with Crippen LogP contribution in [0.3, 0.4) is 0 Å². The molecule has 0 aromatic heterocycles. The summed E-state index contributed by atoms with van der Waals surface area (Å²) >= 11 is 0. The van der Waals surface area contributed by atoms with Gasteiger partial charge in [-0.3, -0.25) is 4.90 Å². The van der Waals surface area contributed by atoms with Crippen molar-refractivity contribution in [2.75, 3.05) is 13.1 Å². The van der Waals surface area contributed by atoms with Crippen molar-refractivity contribution in [2.24, 2.45) is 0 Å². The van der Waals surface area contributed by atoms with Gasteiger partial charge in [-0.15, -0.1) is 6.58 Å². The Bertz CT molecular complexity index is 485. The van der Waals surface area contributed by atoms with Gasteiger partial charge >= 0.3 is 0 Å². The highest BCUT2D eigenvalue weighted by molar-refractivity contribution is 5.45. The van der Waals surface area contributed by atoms with Crippen LogP contribution in [0, 0.1) is 0 Å². The minimum absolute atomic E-state index is 0.478. The van der Waals surface area contributed by atoms with E-state index in [9.17, 15) is 5.11 Å². The van der Waals surface area contributed by atoms with E-state index in [-0.39, 0.29) is 0 Å². The molecule has 1 saturated carbocycles. The first-order chi connectivity index (χ1) is 10.7. The molecule has 0 bridgehead atoms. The van der Waals surface area contributed by atoms with Crippen LogP contribution in [0.5, 0.6) is 5.75 Å². The third kappa shape index (κ3) is 4.13. The van der Waals surface area contributed by atoms with Crippen molar-refractivity contribution >= 4 is 0 Å². The fraction of sp³-hybridized carbons (Fsp3) is 0.600. The number of allylic oxidation sites excluding steroid dienone is 1. The van der Waals surface area contributed by atoms with Gasteiger partial charge in [0.25, 0.3) is 0 Å². The molecule has 1 aliphatic carbocycles. The van der Waals surface area contributed by atoms with E-state index in [1.807, 2.05) is 6.08 Å². The molecule has 1 aromatic carbocycles. The van der Waals surface area contributed by atoms with Crippen molar-refractivity contribution < 1.29 is 5.11 Å². The second-order valence-electron chi connectivity index (χ2n) is 6.48. The molecule has 0 atom stereocenters. The van der Waals surface area contributed by atoms with Crippen molar-refractivity contribution in [3.8, 4) is 5.75 Å². The van der Waals surface area contributed by atoms with Crippen LogP contribution < -0.4 is 0 Å². The van der Waals surface area contributed by atoms with Gasteiger partial charge in [-0.05, 0) is 49.4 Å². The third-order valence-electron chi connectivity index (χ3n) is 5.02. The Morgan fingerprint density at radius 3 is 2.36 bits per heavy atom. The number of rotatable bonds is 7. The molecule has 0 unspecified atom stereocenters. The lowest BCUT2D eigenvalue weighted by molar-refractivity contribution is 0.290. The van der Waals surface area contributed by atoms with E-state index in [0.29, 0.717) is 11.7 Å². The molecule has 0 aliphatic heterocycles. The van der Waals surface area contributed by atoms with Gasteiger partial charge in [0.1, 0.15) is 5.75 Å². The summed E-state index contributed by atoms with van der Waals surface area (Å²) in [5.74, 6) is 1.15. The van der Waals surface area contributed by atoms with Gasteiger partial charge in [0, 0.05) is 12.1 Å². The molecule has 0 heterocycles. The monoisotopic (exact) mass is 301 g/mol. The number of hydrogen-bond donors (Lipinski definition) is 1. The van der Waals surface area contributed by atoms with Crippen LogP contribution in [0.25, 0.3) is 0 Å². The maximum atomic E-state index is 10.6. The molecule has 2 rings (SSSR count). The molecule has 0 amide bonds. The van der Waals surface area contributed by atoms with Crippen LogP contribution in [0.4, 0.5) is 0 Å². The zero-order valence-electron chi connectivity index (χ0n) is 14.3. The first-order valence-electron chi connectivity index (χ1n) is 8.87. The SMILES string of the molecule is C=CCc1cc(C2CCCCC2)cc(CN(CC)CC)c1O. The Hall–Kier alpha value is -1.28. The lowest BCUT2D eigenvalue weighted by Crippen LogP contribution is -2.22. The molecule has 0 radical (unpaired) electrons. The van der Waals surface area contributed by atoms with Gasteiger partial charge < -0.3 is 5.11 Å². The summed E-state index contributed by atoms with van der Waals surface area (Å²) in [6.45, 7) is 11.1. The summed E-state index contributed by atoms with van der Waals surface area (Å²) in [7, 11) is 0. The number of nitrogens with zero attached hydrogens (tertiary/aromatic N) is 1. The Morgan fingerprint density at radius 2 is 1.77 bits per heavy atom. The smallest absolute Gasteiger partial charge is 0.123 e. The van der Waals surface area contributed by atoms with E-state index in [1.54, 1.807) is 0 Å². The Morgan fingerprint density at radius 1 is 1.14 bits per heavy atom. The molecule has 2 nitrogen and oxygen atoms in total. The van der Waals surface area contributed by atoms with Gasteiger partial charge in [0.2, 0.25) is 0 Å². The Balaban J connectivity index is 2.32. The number of hydrogen-bond acceptors (Lipinski definition) is 2. The van der Waals surface area contributed by atoms with Crippen LogP contribution in [-0.4, -0.2) is 23.1 Å². The van der Waals surface area contributed by atoms with Gasteiger partial charge in [0.05, 0.1) is 0 Å². The average molecular weight is 301 g/mol. The summed E-state index contributed by atoms with van der Waals surface area (Å²) in [5, 5.41) is 10.6.